The fraction of sp³-hybridized carbons (Fsp3) is 0.483. The van der Waals surface area contributed by atoms with E-state index in [-0.39, 0.29) is 43.0 Å². The van der Waals surface area contributed by atoms with Crippen LogP contribution in [0.4, 0.5) is 10.8 Å². The molecule has 1 fully saturated rings. The maximum atomic E-state index is 13.4. The number of nitrogens with one attached hydrogen (secondary N) is 2. The Morgan fingerprint density at radius 3 is 2.87 bits per heavy atom. The minimum Gasteiger partial charge on any atom is -0.454 e. The highest BCUT2D eigenvalue weighted by Gasteiger charge is 2.59. The molecule has 10 heteroatoms. The van der Waals surface area contributed by atoms with Crippen molar-refractivity contribution < 1.29 is 24.5 Å². The average molecular weight is 551 g/mol. The van der Waals surface area contributed by atoms with E-state index >= 15 is 0 Å². The average Bonchev–Trinajstić information content (AvgIpc) is 3.57. The van der Waals surface area contributed by atoms with E-state index in [1.165, 1.54) is 0 Å². The van der Waals surface area contributed by atoms with Crippen LogP contribution < -0.4 is 20.1 Å². The molecule has 3 heterocycles. The summed E-state index contributed by atoms with van der Waals surface area (Å²) in [6.07, 6.45) is 5.21. The number of hydrogen-bond acceptors (Lipinski definition) is 9. The van der Waals surface area contributed by atoms with Gasteiger partial charge in [0.1, 0.15) is 0 Å². The number of carbonyl (C=O) groups excluding carboxylic acids is 1. The smallest absolute Gasteiger partial charge is 0.231 e. The van der Waals surface area contributed by atoms with Crippen molar-refractivity contribution in [2.75, 3.05) is 18.7 Å². The van der Waals surface area contributed by atoms with E-state index in [1.807, 2.05) is 37.3 Å². The highest BCUT2D eigenvalue weighted by atomic mass is 32.1. The predicted molar refractivity (Wildman–Crippen MR) is 147 cm³/mol. The molecule has 1 amide bonds. The number of rotatable bonds is 7. The van der Waals surface area contributed by atoms with E-state index in [2.05, 4.69) is 22.5 Å². The molecule has 5 atom stereocenters. The Balaban J connectivity index is 1.28. The Kier molecular flexibility index (Phi) is 6.73. The lowest BCUT2D eigenvalue weighted by atomic mass is 9.47. The van der Waals surface area contributed by atoms with Gasteiger partial charge in [-0.25, -0.2) is 4.98 Å². The van der Waals surface area contributed by atoms with E-state index in [0.29, 0.717) is 30.9 Å². The molecule has 3 aliphatic rings. The summed E-state index contributed by atoms with van der Waals surface area (Å²) in [6, 6.07) is 9.49. The van der Waals surface area contributed by atoms with Gasteiger partial charge in [0.05, 0.1) is 30.3 Å². The predicted octanol–water partition coefficient (Wildman–Crippen LogP) is 4.13. The number of pyridine rings is 1. The summed E-state index contributed by atoms with van der Waals surface area (Å²) in [6.45, 7) is 4.68. The number of amides is 1. The van der Waals surface area contributed by atoms with Gasteiger partial charge in [-0.2, -0.15) is 0 Å². The first-order chi connectivity index (χ1) is 18.8. The summed E-state index contributed by atoms with van der Waals surface area (Å²) < 4.78 is 10.9. The zero-order chi connectivity index (χ0) is 27.2. The van der Waals surface area contributed by atoms with Gasteiger partial charge in [-0.15, -0.1) is 11.3 Å². The Morgan fingerprint density at radius 2 is 2.08 bits per heavy atom. The van der Waals surface area contributed by atoms with E-state index in [9.17, 15) is 15.0 Å². The fourth-order valence-electron chi connectivity index (χ4n) is 6.77. The molecule has 2 aliphatic carbocycles. The molecule has 2 aromatic heterocycles. The van der Waals surface area contributed by atoms with Crippen LogP contribution in [0.25, 0.3) is 0 Å². The number of aliphatic hydroxyl groups is 2. The monoisotopic (exact) mass is 550 g/mol. The number of carbonyl (C=O) groups is 1. The first-order valence-electron chi connectivity index (χ1n) is 13.4. The van der Waals surface area contributed by atoms with Crippen molar-refractivity contribution in [3.05, 3.63) is 58.9 Å². The lowest BCUT2D eigenvalue weighted by molar-refractivity contribution is -0.144. The third-order valence-electron chi connectivity index (χ3n) is 9.12. The molecule has 0 saturated heterocycles. The molecule has 0 bridgehead atoms. The van der Waals surface area contributed by atoms with Crippen molar-refractivity contribution >= 4 is 28.1 Å². The molecule has 39 heavy (non-hydrogen) atoms. The van der Waals surface area contributed by atoms with Gasteiger partial charge in [-0.3, -0.25) is 9.78 Å². The molecule has 4 N–H and O–H groups in total. The lowest BCUT2D eigenvalue weighted by Crippen LogP contribution is -2.57. The van der Waals surface area contributed by atoms with Gasteiger partial charge < -0.3 is 30.3 Å². The number of aliphatic hydroxyl groups excluding tert-OH is 2. The lowest BCUT2D eigenvalue weighted by Gasteiger charge is -2.58. The van der Waals surface area contributed by atoms with E-state index in [4.69, 9.17) is 14.5 Å². The maximum absolute atomic E-state index is 13.4. The molecule has 0 radical (unpaired) electrons. The normalized spacial score (nSPS) is 28.9. The van der Waals surface area contributed by atoms with Crippen molar-refractivity contribution in [3.8, 4) is 11.5 Å². The SMILES string of the molecule is CC1(CO)C(O)CCC2(C)C(CC(=O)NCc3ccc4c(c3)OCO4)c3nc(Nc4cccnc4)sc3CC12. The van der Waals surface area contributed by atoms with Crippen LogP contribution in [0.1, 0.15) is 55.2 Å². The Hall–Kier alpha value is -3.21. The molecule has 9 nitrogen and oxygen atoms in total. The Bertz CT molecular complexity index is 1370. The third kappa shape index (κ3) is 4.64. The van der Waals surface area contributed by atoms with E-state index in [1.54, 1.807) is 23.7 Å². The minimum absolute atomic E-state index is 0.00426. The van der Waals surface area contributed by atoms with Gasteiger partial charge >= 0.3 is 0 Å². The molecule has 3 aromatic rings. The standard InChI is InChI=1S/C29H34N4O5S/c1-28-8-7-24(35)29(2,15-34)23(28)12-22-26(33-27(39-22)32-18-4-3-9-30-14-18)19(28)11-25(36)31-13-17-5-6-20-21(10-17)38-16-37-20/h3-6,9-10,14,19,23-24,34-35H,7-8,11-13,15-16H2,1-2H3,(H,31,36)(H,32,33). The fourth-order valence-corrected chi connectivity index (χ4v) is 7.86. The Labute approximate surface area is 231 Å². The summed E-state index contributed by atoms with van der Waals surface area (Å²) in [4.78, 5) is 23.7. The minimum atomic E-state index is -0.660. The highest BCUT2D eigenvalue weighted by Crippen LogP contribution is 2.62. The van der Waals surface area contributed by atoms with Crippen molar-refractivity contribution in [2.24, 2.45) is 16.7 Å². The zero-order valence-corrected chi connectivity index (χ0v) is 23.0. The van der Waals surface area contributed by atoms with Gasteiger partial charge in [-0.1, -0.05) is 19.9 Å². The van der Waals surface area contributed by atoms with Crippen molar-refractivity contribution in [3.63, 3.8) is 0 Å². The van der Waals surface area contributed by atoms with Gasteiger partial charge in [0.15, 0.2) is 16.6 Å². The van der Waals surface area contributed by atoms with Crippen LogP contribution in [-0.4, -0.2) is 45.6 Å². The molecule has 1 aliphatic heterocycles. The zero-order valence-electron chi connectivity index (χ0n) is 22.1. The van der Waals surface area contributed by atoms with Crippen molar-refractivity contribution in [2.45, 2.75) is 58.1 Å². The molecule has 5 unspecified atom stereocenters. The van der Waals surface area contributed by atoms with Crippen molar-refractivity contribution in [1.29, 1.82) is 0 Å². The second-order valence-electron chi connectivity index (χ2n) is 11.4. The largest absolute Gasteiger partial charge is 0.454 e. The Morgan fingerprint density at radius 1 is 1.23 bits per heavy atom. The van der Waals surface area contributed by atoms with Gasteiger partial charge in [-0.05, 0) is 60.4 Å². The quantitative estimate of drug-likeness (QED) is 0.346. The number of hydrogen-bond donors (Lipinski definition) is 4. The molecular weight excluding hydrogens is 516 g/mol. The van der Waals surface area contributed by atoms with Crippen molar-refractivity contribution in [1.82, 2.24) is 15.3 Å². The molecule has 0 spiro atoms. The van der Waals surface area contributed by atoms with Crippen LogP contribution in [0.5, 0.6) is 11.5 Å². The van der Waals surface area contributed by atoms with Gasteiger partial charge in [0.2, 0.25) is 12.7 Å². The number of aromatic nitrogens is 2. The molecule has 206 valence electrons. The molecule has 1 aromatic carbocycles. The first kappa shape index (κ1) is 26.0. The summed E-state index contributed by atoms with van der Waals surface area (Å²) in [5.41, 5.74) is 1.76. The van der Waals surface area contributed by atoms with Crippen LogP contribution in [0.3, 0.4) is 0 Å². The van der Waals surface area contributed by atoms with E-state index < -0.39 is 11.5 Å². The summed E-state index contributed by atoms with van der Waals surface area (Å²) in [5, 5.41) is 28.7. The number of nitrogens with zero attached hydrogens (tertiary/aromatic N) is 2. The third-order valence-corrected chi connectivity index (χ3v) is 10.1. The van der Waals surface area contributed by atoms with Crippen LogP contribution in [0.2, 0.25) is 0 Å². The summed E-state index contributed by atoms with van der Waals surface area (Å²) in [5.74, 6) is 1.20. The first-order valence-corrected chi connectivity index (χ1v) is 14.2. The maximum Gasteiger partial charge on any atom is 0.231 e. The van der Waals surface area contributed by atoms with Crippen LogP contribution >= 0.6 is 11.3 Å². The number of thiazole rings is 1. The topological polar surface area (TPSA) is 126 Å². The second-order valence-corrected chi connectivity index (χ2v) is 12.5. The van der Waals surface area contributed by atoms with Gasteiger partial charge in [0, 0.05) is 35.4 Å². The summed E-state index contributed by atoms with van der Waals surface area (Å²) >= 11 is 1.58. The van der Waals surface area contributed by atoms with Crippen LogP contribution in [0, 0.1) is 16.7 Å². The molecule has 1 saturated carbocycles. The van der Waals surface area contributed by atoms with Crippen LogP contribution in [-0.2, 0) is 17.8 Å². The number of anilines is 2. The highest BCUT2D eigenvalue weighted by molar-refractivity contribution is 7.15. The molecular formula is C29H34N4O5S. The number of ether oxygens (including phenoxy) is 2. The summed E-state index contributed by atoms with van der Waals surface area (Å²) in [7, 11) is 0. The number of fused-ring (bicyclic) bond motifs is 3. The second kappa shape index (κ2) is 10.1. The molecule has 6 rings (SSSR count). The van der Waals surface area contributed by atoms with Gasteiger partial charge in [0.25, 0.3) is 0 Å². The van der Waals surface area contributed by atoms with E-state index in [0.717, 1.165) is 33.4 Å². The number of benzene rings is 1. The van der Waals surface area contributed by atoms with Crippen LogP contribution in [0.15, 0.2) is 42.7 Å².